The first-order chi connectivity index (χ1) is 8.68. The third kappa shape index (κ3) is 2.91. The standard InChI is InChI=1S/C11H17N3O4/c15-9(8-4-2-1-3-5-8)18-13-11(17)14-7-6-12-10(14)16/h8H,1-7H2,(H,12,16)(H,13,17). The summed E-state index contributed by atoms with van der Waals surface area (Å²) in [7, 11) is 0. The van der Waals surface area contributed by atoms with E-state index in [-0.39, 0.29) is 12.5 Å². The van der Waals surface area contributed by atoms with Gasteiger partial charge >= 0.3 is 18.0 Å². The number of hydrogen-bond donors (Lipinski definition) is 2. The summed E-state index contributed by atoms with van der Waals surface area (Å²) < 4.78 is 0. The summed E-state index contributed by atoms with van der Waals surface area (Å²) in [5, 5.41) is 2.49. The first-order valence-corrected chi connectivity index (χ1v) is 6.24. The fourth-order valence-corrected chi connectivity index (χ4v) is 2.24. The molecule has 1 saturated heterocycles. The van der Waals surface area contributed by atoms with Gasteiger partial charge in [-0.3, -0.25) is 0 Å². The Hall–Kier alpha value is -1.79. The molecule has 100 valence electrons. The van der Waals surface area contributed by atoms with E-state index in [9.17, 15) is 14.4 Å². The van der Waals surface area contributed by atoms with Gasteiger partial charge in [-0.25, -0.2) is 19.3 Å². The van der Waals surface area contributed by atoms with Gasteiger partial charge in [-0.05, 0) is 12.8 Å². The Bertz CT molecular complexity index is 352. The molecule has 0 unspecified atom stereocenters. The minimum atomic E-state index is -0.700. The molecule has 0 aromatic rings. The van der Waals surface area contributed by atoms with E-state index in [4.69, 9.17) is 4.84 Å². The van der Waals surface area contributed by atoms with Gasteiger partial charge < -0.3 is 10.2 Å². The number of nitrogens with zero attached hydrogens (tertiary/aromatic N) is 1. The molecular formula is C11H17N3O4. The quantitative estimate of drug-likeness (QED) is 0.677. The number of carbonyl (C=O) groups excluding carboxylic acids is 3. The highest BCUT2D eigenvalue weighted by atomic mass is 16.7. The fourth-order valence-electron chi connectivity index (χ4n) is 2.24. The summed E-state index contributed by atoms with van der Waals surface area (Å²) in [5.41, 5.74) is 2.03. The maximum Gasteiger partial charge on any atom is 0.358 e. The lowest BCUT2D eigenvalue weighted by molar-refractivity contribution is -0.155. The van der Waals surface area contributed by atoms with Crippen molar-refractivity contribution in [1.82, 2.24) is 15.7 Å². The molecular weight excluding hydrogens is 238 g/mol. The van der Waals surface area contributed by atoms with E-state index in [0.717, 1.165) is 37.0 Å². The van der Waals surface area contributed by atoms with Crippen molar-refractivity contribution in [1.29, 1.82) is 0 Å². The number of nitrogens with one attached hydrogen (secondary N) is 2. The average molecular weight is 255 g/mol. The molecule has 4 amide bonds. The third-order valence-corrected chi connectivity index (χ3v) is 3.28. The Morgan fingerprint density at radius 2 is 2.00 bits per heavy atom. The van der Waals surface area contributed by atoms with Gasteiger partial charge in [0.2, 0.25) is 0 Å². The molecule has 2 fully saturated rings. The van der Waals surface area contributed by atoms with Gasteiger partial charge in [0.15, 0.2) is 0 Å². The maximum absolute atomic E-state index is 11.6. The van der Waals surface area contributed by atoms with Crippen molar-refractivity contribution in [3.05, 3.63) is 0 Å². The summed E-state index contributed by atoms with van der Waals surface area (Å²) in [6, 6.07) is -1.17. The molecule has 0 bridgehead atoms. The highest BCUT2D eigenvalue weighted by Gasteiger charge is 2.28. The minimum absolute atomic E-state index is 0.133. The SMILES string of the molecule is O=C(ONC(=O)N1CCNC1=O)C1CCCCC1. The van der Waals surface area contributed by atoms with Crippen LogP contribution >= 0.6 is 0 Å². The van der Waals surface area contributed by atoms with Gasteiger partial charge in [0, 0.05) is 13.1 Å². The summed E-state index contributed by atoms with van der Waals surface area (Å²) in [6.07, 6.45) is 4.78. The normalized spacial score (nSPS) is 20.4. The largest absolute Gasteiger partial charge is 0.358 e. The number of imide groups is 1. The summed E-state index contributed by atoms with van der Waals surface area (Å²) in [5.74, 6) is -0.547. The van der Waals surface area contributed by atoms with Crippen LogP contribution in [0.2, 0.25) is 0 Å². The number of hydroxylamine groups is 1. The van der Waals surface area contributed by atoms with Crippen LogP contribution in [0.3, 0.4) is 0 Å². The Labute approximate surface area is 105 Å². The van der Waals surface area contributed by atoms with E-state index in [1.54, 1.807) is 0 Å². The first-order valence-electron chi connectivity index (χ1n) is 6.24. The van der Waals surface area contributed by atoms with Gasteiger partial charge in [-0.1, -0.05) is 19.3 Å². The van der Waals surface area contributed by atoms with Crippen LogP contribution in [0.15, 0.2) is 0 Å². The molecule has 0 radical (unpaired) electrons. The zero-order chi connectivity index (χ0) is 13.0. The maximum atomic E-state index is 11.6. The van der Waals surface area contributed by atoms with E-state index in [1.165, 1.54) is 0 Å². The molecule has 0 aromatic heterocycles. The predicted octanol–water partition coefficient (Wildman–Crippen LogP) is 0.760. The molecule has 0 spiro atoms. The van der Waals surface area contributed by atoms with E-state index < -0.39 is 18.0 Å². The molecule has 18 heavy (non-hydrogen) atoms. The van der Waals surface area contributed by atoms with Gasteiger partial charge in [0.05, 0.1) is 5.92 Å². The lowest BCUT2D eigenvalue weighted by Gasteiger charge is -2.20. The van der Waals surface area contributed by atoms with E-state index in [0.29, 0.717) is 6.54 Å². The average Bonchev–Trinajstić information content (AvgIpc) is 2.83. The van der Waals surface area contributed by atoms with Crippen molar-refractivity contribution >= 4 is 18.0 Å². The molecule has 1 aliphatic heterocycles. The number of urea groups is 2. The number of amides is 4. The molecule has 2 rings (SSSR count). The monoisotopic (exact) mass is 255 g/mol. The van der Waals surface area contributed by atoms with Gasteiger partial charge in [0.25, 0.3) is 0 Å². The second kappa shape index (κ2) is 5.70. The zero-order valence-electron chi connectivity index (χ0n) is 10.1. The van der Waals surface area contributed by atoms with E-state index in [1.807, 2.05) is 5.48 Å². The molecule has 1 saturated carbocycles. The molecule has 1 aliphatic carbocycles. The zero-order valence-corrected chi connectivity index (χ0v) is 10.1. The molecule has 0 atom stereocenters. The van der Waals surface area contributed by atoms with Gasteiger partial charge in [-0.15, -0.1) is 0 Å². The van der Waals surface area contributed by atoms with Crippen LogP contribution in [-0.4, -0.2) is 36.0 Å². The van der Waals surface area contributed by atoms with Crippen molar-refractivity contribution in [2.75, 3.05) is 13.1 Å². The molecule has 0 aromatic carbocycles. The Morgan fingerprint density at radius 1 is 1.28 bits per heavy atom. The van der Waals surface area contributed by atoms with E-state index in [2.05, 4.69) is 5.32 Å². The second-order valence-electron chi connectivity index (χ2n) is 4.55. The lowest BCUT2D eigenvalue weighted by atomic mass is 9.89. The van der Waals surface area contributed by atoms with Crippen molar-refractivity contribution in [3.8, 4) is 0 Å². The Kier molecular flexibility index (Phi) is 4.01. The highest BCUT2D eigenvalue weighted by molar-refractivity contribution is 5.94. The molecule has 1 heterocycles. The van der Waals surface area contributed by atoms with Crippen molar-refractivity contribution < 1.29 is 19.2 Å². The highest BCUT2D eigenvalue weighted by Crippen LogP contribution is 2.24. The molecule has 7 nitrogen and oxygen atoms in total. The van der Waals surface area contributed by atoms with Crippen LogP contribution in [-0.2, 0) is 9.63 Å². The predicted molar refractivity (Wildman–Crippen MR) is 61.3 cm³/mol. The van der Waals surface area contributed by atoms with Crippen molar-refractivity contribution in [3.63, 3.8) is 0 Å². The second-order valence-corrected chi connectivity index (χ2v) is 4.55. The fraction of sp³-hybridized carbons (Fsp3) is 0.727. The minimum Gasteiger partial charge on any atom is -0.339 e. The summed E-state index contributed by atoms with van der Waals surface area (Å²) >= 11 is 0. The topological polar surface area (TPSA) is 87.7 Å². The molecule has 2 aliphatic rings. The van der Waals surface area contributed by atoms with Gasteiger partial charge in [0.1, 0.15) is 0 Å². The van der Waals surface area contributed by atoms with E-state index >= 15 is 0 Å². The Morgan fingerprint density at radius 3 is 2.61 bits per heavy atom. The van der Waals surface area contributed by atoms with Crippen LogP contribution < -0.4 is 10.8 Å². The van der Waals surface area contributed by atoms with Crippen molar-refractivity contribution in [2.45, 2.75) is 32.1 Å². The van der Waals surface area contributed by atoms with Crippen LogP contribution in [0.4, 0.5) is 9.59 Å². The number of rotatable bonds is 1. The summed E-state index contributed by atoms with van der Waals surface area (Å²) in [6.45, 7) is 0.703. The number of hydrogen-bond acceptors (Lipinski definition) is 4. The smallest absolute Gasteiger partial charge is 0.339 e. The summed E-state index contributed by atoms with van der Waals surface area (Å²) in [4.78, 5) is 40.0. The number of carbonyl (C=O) groups is 3. The molecule has 2 N–H and O–H groups in total. The Balaban J connectivity index is 1.75. The van der Waals surface area contributed by atoms with Crippen LogP contribution in [0, 0.1) is 5.92 Å². The molecule has 7 heteroatoms. The van der Waals surface area contributed by atoms with Crippen LogP contribution in [0.5, 0.6) is 0 Å². The van der Waals surface area contributed by atoms with Gasteiger partial charge in [-0.2, -0.15) is 5.48 Å². The lowest BCUT2D eigenvalue weighted by Crippen LogP contribution is -2.43. The third-order valence-electron chi connectivity index (χ3n) is 3.28. The van der Waals surface area contributed by atoms with Crippen molar-refractivity contribution in [2.24, 2.45) is 5.92 Å². The first kappa shape index (κ1) is 12.7. The van der Waals surface area contributed by atoms with Crippen LogP contribution in [0.1, 0.15) is 32.1 Å². The van der Waals surface area contributed by atoms with Crippen LogP contribution in [0.25, 0.3) is 0 Å².